The van der Waals surface area contributed by atoms with E-state index in [0.717, 1.165) is 17.9 Å². The van der Waals surface area contributed by atoms with E-state index in [1.165, 1.54) is 0 Å². The van der Waals surface area contributed by atoms with Crippen LogP contribution in [0.25, 0.3) is 5.65 Å². The predicted molar refractivity (Wildman–Crippen MR) is 54.5 cm³/mol. The van der Waals surface area contributed by atoms with Crippen LogP contribution in [0.15, 0.2) is 12.1 Å². The summed E-state index contributed by atoms with van der Waals surface area (Å²) in [6.07, 6.45) is 1.01. The maximum absolute atomic E-state index is 5.81. The first-order chi connectivity index (χ1) is 6.72. The van der Waals surface area contributed by atoms with E-state index in [9.17, 15) is 0 Å². The lowest BCUT2D eigenvalue weighted by molar-refractivity contribution is 0.648. The molecule has 0 spiro atoms. The summed E-state index contributed by atoms with van der Waals surface area (Å²) >= 11 is 5.81. The van der Waals surface area contributed by atoms with Crippen molar-refractivity contribution in [2.75, 3.05) is 0 Å². The van der Waals surface area contributed by atoms with Gasteiger partial charge < -0.3 is 0 Å². The fourth-order valence-electron chi connectivity index (χ4n) is 1.27. The maximum atomic E-state index is 5.81. The third-order valence-electron chi connectivity index (χ3n) is 2.31. The van der Waals surface area contributed by atoms with E-state index in [2.05, 4.69) is 29.1 Å². The van der Waals surface area contributed by atoms with E-state index in [4.69, 9.17) is 11.6 Å². The smallest absolute Gasteiger partial charge is 0.178 e. The molecule has 0 aliphatic heterocycles. The van der Waals surface area contributed by atoms with Crippen LogP contribution < -0.4 is 0 Å². The van der Waals surface area contributed by atoms with Crippen LogP contribution >= 0.6 is 11.6 Å². The highest BCUT2D eigenvalue weighted by Crippen LogP contribution is 2.17. The second kappa shape index (κ2) is 3.53. The average molecular weight is 211 g/mol. The van der Waals surface area contributed by atoms with Crippen molar-refractivity contribution in [3.05, 3.63) is 23.1 Å². The van der Waals surface area contributed by atoms with Gasteiger partial charge in [-0.05, 0) is 18.6 Å². The average Bonchev–Trinajstić information content (AvgIpc) is 2.59. The monoisotopic (exact) mass is 210 g/mol. The van der Waals surface area contributed by atoms with Gasteiger partial charge in [0.15, 0.2) is 11.5 Å². The van der Waals surface area contributed by atoms with E-state index in [1.807, 2.05) is 6.07 Å². The summed E-state index contributed by atoms with van der Waals surface area (Å²) in [5.74, 6) is 1.21. The van der Waals surface area contributed by atoms with Gasteiger partial charge in [-0.15, -0.1) is 10.2 Å². The highest BCUT2D eigenvalue weighted by molar-refractivity contribution is 6.29. The SMILES string of the molecule is CCC(C)c1nnc2ccc(Cl)nn12. The van der Waals surface area contributed by atoms with E-state index >= 15 is 0 Å². The Bertz CT molecular complexity index is 451. The Labute approximate surface area is 86.9 Å². The fraction of sp³-hybridized carbons (Fsp3) is 0.444. The molecular formula is C9H11ClN4. The Balaban J connectivity index is 2.61. The molecule has 2 aromatic rings. The minimum Gasteiger partial charge on any atom is -0.196 e. The molecule has 0 aromatic carbocycles. The summed E-state index contributed by atoms with van der Waals surface area (Å²) in [6, 6.07) is 3.53. The van der Waals surface area contributed by atoms with Gasteiger partial charge in [-0.3, -0.25) is 0 Å². The molecule has 0 fully saturated rings. The first-order valence-electron chi connectivity index (χ1n) is 4.60. The Kier molecular flexibility index (Phi) is 2.37. The molecule has 0 amide bonds. The topological polar surface area (TPSA) is 43.1 Å². The minimum absolute atomic E-state index is 0.343. The van der Waals surface area contributed by atoms with Crippen molar-refractivity contribution in [2.45, 2.75) is 26.2 Å². The van der Waals surface area contributed by atoms with Crippen LogP contribution in [0, 0.1) is 0 Å². The third-order valence-corrected chi connectivity index (χ3v) is 2.51. The molecule has 4 nitrogen and oxygen atoms in total. The molecule has 0 aliphatic rings. The lowest BCUT2D eigenvalue weighted by Crippen LogP contribution is -2.02. The Morgan fingerprint density at radius 3 is 2.93 bits per heavy atom. The summed E-state index contributed by atoms with van der Waals surface area (Å²) in [7, 11) is 0. The lowest BCUT2D eigenvalue weighted by Gasteiger charge is -2.04. The summed E-state index contributed by atoms with van der Waals surface area (Å²) < 4.78 is 1.70. The van der Waals surface area contributed by atoms with Gasteiger partial charge in [0.05, 0.1) is 0 Å². The van der Waals surface area contributed by atoms with Gasteiger partial charge in [-0.2, -0.15) is 9.61 Å². The highest BCUT2D eigenvalue weighted by Gasteiger charge is 2.12. The first kappa shape index (κ1) is 9.40. The molecule has 5 heteroatoms. The number of nitrogens with zero attached hydrogens (tertiary/aromatic N) is 4. The summed E-state index contributed by atoms with van der Waals surface area (Å²) in [4.78, 5) is 0. The van der Waals surface area contributed by atoms with Crippen molar-refractivity contribution in [1.29, 1.82) is 0 Å². The van der Waals surface area contributed by atoms with Crippen LogP contribution in [0.3, 0.4) is 0 Å². The Hall–Kier alpha value is -1.16. The van der Waals surface area contributed by atoms with Crippen molar-refractivity contribution in [3.8, 4) is 0 Å². The number of hydrogen-bond acceptors (Lipinski definition) is 3. The number of hydrogen-bond donors (Lipinski definition) is 0. The zero-order chi connectivity index (χ0) is 10.1. The second-order valence-corrected chi connectivity index (χ2v) is 3.68. The van der Waals surface area contributed by atoms with Gasteiger partial charge in [0.2, 0.25) is 0 Å². The summed E-state index contributed by atoms with van der Waals surface area (Å²) in [5, 5.41) is 12.7. The first-order valence-corrected chi connectivity index (χ1v) is 4.98. The lowest BCUT2D eigenvalue weighted by atomic mass is 10.1. The Morgan fingerprint density at radius 1 is 1.43 bits per heavy atom. The minimum atomic E-state index is 0.343. The van der Waals surface area contributed by atoms with Gasteiger partial charge in [-0.25, -0.2) is 0 Å². The molecule has 0 saturated carbocycles. The van der Waals surface area contributed by atoms with Gasteiger partial charge >= 0.3 is 0 Å². The zero-order valence-corrected chi connectivity index (χ0v) is 8.86. The molecule has 1 atom stereocenters. The molecule has 0 bridgehead atoms. The molecule has 0 radical (unpaired) electrons. The van der Waals surface area contributed by atoms with E-state index in [0.29, 0.717) is 11.1 Å². The number of aromatic nitrogens is 4. The molecule has 0 saturated heterocycles. The van der Waals surface area contributed by atoms with E-state index in [-0.39, 0.29) is 0 Å². The van der Waals surface area contributed by atoms with Crippen LogP contribution in [0.5, 0.6) is 0 Å². The predicted octanol–water partition coefficient (Wildman–Crippen LogP) is 2.29. The normalized spacial score (nSPS) is 13.4. The summed E-state index contributed by atoms with van der Waals surface area (Å²) in [5.41, 5.74) is 0.740. The van der Waals surface area contributed by atoms with Crippen molar-refractivity contribution in [1.82, 2.24) is 19.8 Å². The van der Waals surface area contributed by atoms with Crippen molar-refractivity contribution in [2.24, 2.45) is 0 Å². The Morgan fingerprint density at radius 2 is 2.21 bits per heavy atom. The van der Waals surface area contributed by atoms with Crippen molar-refractivity contribution < 1.29 is 0 Å². The van der Waals surface area contributed by atoms with Crippen LogP contribution in [-0.2, 0) is 0 Å². The number of halogens is 1. The number of rotatable bonds is 2. The quantitative estimate of drug-likeness (QED) is 0.764. The van der Waals surface area contributed by atoms with Crippen LogP contribution in [0.4, 0.5) is 0 Å². The zero-order valence-electron chi connectivity index (χ0n) is 8.11. The highest BCUT2D eigenvalue weighted by atomic mass is 35.5. The molecule has 1 unspecified atom stereocenters. The van der Waals surface area contributed by atoms with Crippen LogP contribution in [0.2, 0.25) is 5.15 Å². The van der Waals surface area contributed by atoms with Gasteiger partial charge in [0.1, 0.15) is 5.15 Å². The molecule has 0 N–H and O–H groups in total. The second-order valence-electron chi connectivity index (χ2n) is 3.29. The van der Waals surface area contributed by atoms with Crippen LogP contribution in [0.1, 0.15) is 32.0 Å². The van der Waals surface area contributed by atoms with E-state index in [1.54, 1.807) is 10.6 Å². The molecule has 74 valence electrons. The van der Waals surface area contributed by atoms with Crippen molar-refractivity contribution in [3.63, 3.8) is 0 Å². The van der Waals surface area contributed by atoms with Gasteiger partial charge in [-0.1, -0.05) is 25.4 Å². The van der Waals surface area contributed by atoms with Gasteiger partial charge in [0.25, 0.3) is 0 Å². The maximum Gasteiger partial charge on any atom is 0.178 e. The molecule has 14 heavy (non-hydrogen) atoms. The number of fused-ring (bicyclic) bond motifs is 1. The molecular weight excluding hydrogens is 200 g/mol. The van der Waals surface area contributed by atoms with E-state index < -0.39 is 0 Å². The van der Waals surface area contributed by atoms with Crippen LogP contribution in [-0.4, -0.2) is 19.8 Å². The third kappa shape index (κ3) is 1.46. The molecule has 2 heterocycles. The fourth-order valence-corrected chi connectivity index (χ4v) is 1.41. The molecule has 2 aromatic heterocycles. The van der Waals surface area contributed by atoms with Crippen molar-refractivity contribution >= 4 is 17.2 Å². The molecule has 0 aliphatic carbocycles. The summed E-state index contributed by atoms with van der Waals surface area (Å²) in [6.45, 7) is 4.20. The molecule has 2 rings (SSSR count). The largest absolute Gasteiger partial charge is 0.196 e. The van der Waals surface area contributed by atoms with Gasteiger partial charge in [0, 0.05) is 5.92 Å². The standard InChI is InChI=1S/C9H11ClN4/c1-3-6(2)9-12-11-8-5-4-7(10)13-14(8)9/h4-6H,3H2,1-2H3.